The summed E-state index contributed by atoms with van der Waals surface area (Å²) < 4.78 is 2.75. The van der Waals surface area contributed by atoms with E-state index in [9.17, 15) is 9.59 Å². The number of aromatic nitrogens is 1. The van der Waals surface area contributed by atoms with Gasteiger partial charge in [0, 0.05) is 37.5 Å². The number of carbonyl (C=O) groups is 2. The normalized spacial score (nSPS) is 20.5. The smallest absolute Gasteiger partial charge is 0.231 e. The Morgan fingerprint density at radius 3 is 2.61 bits per heavy atom. The maximum Gasteiger partial charge on any atom is 0.231 e. The number of halogens is 1. The minimum absolute atomic E-state index is 0.135. The summed E-state index contributed by atoms with van der Waals surface area (Å²) in [6, 6.07) is 6.45. The van der Waals surface area contributed by atoms with Crippen molar-refractivity contribution in [2.24, 2.45) is 5.92 Å². The fourth-order valence-corrected chi connectivity index (χ4v) is 5.95. The van der Waals surface area contributed by atoms with Gasteiger partial charge in [-0.3, -0.25) is 19.1 Å². The van der Waals surface area contributed by atoms with Crippen molar-refractivity contribution in [3.05, 3.63) is 40.0 Å². The summed E-state index contributed by atoms with van der Waals surface area (Å²) in [5.41, 5.74) is 4.57. The number of benzene rings is 1. The first kappa shape index (κ1) is 22.3. The third kappa shape index (κ3) is 3.68. The lowest BCUT2D eigenvalue weighted by Gasteiger charge is -2.40. The fraction of sp³-hybridized carbons (Fsp3) is 0.520. The second kappa shape index (κ2) is 8.91. The van der Waals surface area contributed by atoms with Gasteiger partial charge in [0.15, 0.2) is 0 Å². The van der Waals surface area contributed by atoms with Gasteiger partial charge in [0.1, 0.15) is 0 Å². The number of likely N-dealkylation sites (N-methyl/N-ethyl adjacent to an activating group) is 1. The quantitative estimate of drug-likeness (QED) is 0.579. The molecule has 0 saturated heterocycles. The lowest BCUT2D eigenvalue weighted by Crippen LogP contribution is -2.47. The summed E-state index contributed by atoms with van der Waals surface area (Å²) in [7, 11) is 2.11. The highest BCUT2D eigenvalue weighted by Crippen LogP contribution is 2.45. The van der Waals surface area contributed by atoms with Crippen LogP contribution in [0.5, 0.6) is 0 Å². The molecule has 1 aromatic heterocycles. The average molecular weight is 486 g/mol. The maximum absolute atomic E-state index is 13.1. The van der Waals surface area contributed by atoms with Crippen molar-refractivity contribution in [2.75, 3.05) is 26.7 Å². The molecule has 166 valence electrons. The third-order valence-electron chi connectivity index (χ3n) is 6.88. The molecular weight excluding hydrogens is 454 g/mol. The number of unbranched alkanes of at least 4 members (excludes halogenated alkanes) is 1. The van der Waals surface area contributed by atoms with Crippen molar-refractivity contribution >= 4 is 44.2 Å². The number of fused-ring (bicyclic) bond motifs is 2. The van der Waals surface area contributed by atoms with Crippen molar-refractivity contribution in [2.45, 2.75) is 52.5 Å². The zero-order valence-electron chi connectivity index (χ0n) is 18.9. The molecule has 0 fully saturated rings. The molecule has 0 unspecified atom stereocenters. The van der Waals surface area contributed by atoms with E-state index in [1.165, 1.54) is 11.1 Å². The van der Waals surface area contributed by atoms with Crippen LogP contribution in [-0.2, 0) is 11.2 Å². The molecule has 1 aromatic carbocycles. The molecule has 0 radical (unpaired) electrons. The monoisotopic (exact) mass is 485 g/mol. The predicted octanol–water partition coefficient (Wildman–Crippen LogP) is 4.97. The Hall–Kier alpha value is -1.92. The third-order valence-corrected chi connectivity index (χ3v) is 7.71. The summed E-state index contributed by atoms with van der Waals surface area (Å²) in [5, 5.41) is 1.16. The zero-order chi connectivity index (χ0) is 22.3. The van der Waals surface area contributed by atoms with Gasteiger partial charge in [-0.1, -0.05) is 31.6 Å². The van der Waals surface area contributed by atoms with Gasteiger partial charge in [-0.2, -0.15) is 0 Å². The van der Waals surface area contributed by atoms with E-state index in [4.69, 9.17) is 0 Å². The minimum atomic E-state index is -0.135. The summed E-state index contributed by atoms with van der Waals surface area (Å²) in [5.74, 6) is 0.211. The molecule has 1 amide bonds. The van der Waals surface area contributed by atoms with E-state index >= 15 is 0 Å². The van der Waals surface area contributed by atoms with Crippen molar-refractivity contribution < 1.29 is 9.59 Å². The molecule has 2 aromatic rings. The van der Waals surface area contributed by atoms with Crippen LogP contribution in [-0.4, -0.2) is 58.9 Å². The predicted molar refractivity (Wildman–Crippen MR) is 129 cm³/mol. The molecular formula is C25H32BrN3O2. The summed E-state index contributed by atoms with van der Waals surface area (Å²) >= 11 is 3.77. The van der Waals surface area contributed by atoms with Crippen LogP contribution in [0.4, 0.5) is 0 Å². The topological polar surface area (TPSA) is 45.6 Å². The summed E-state index contributed by atoms with van der Waals surface area (Å²) in [6.07, 6.45) is 5.49. The van der Waals surface area contributed by atoms with Crippen molar-refractivity contribution in [1.29, 1.82) is 0 Å². The molecule has 31 heavy (non-hydrogen) atoms. The standard InChI is InChI=1S/C25H32BrN3O2/c1-5-8-12-22(30)29-20-11-9-10-17-18-13-16(25(31)28(6-2)7-3)15-27(4)21(18)14-19(23(17)20)24(29)26/h9-11,13,16,21H,5-8,12,14-15H2,1-4H3/t16-,21-/m1/s1. The molecule has 0 bridgehead atoms. The molecule has 2 aliphatic rings. The van der Waals surface area contributed by atoms with Gasteiger partial charge < -0.3 is 4.90 Å². The zero-order valence-corrected chi connectivity index (χ0v) is 20.5. The summed E-state index contributed by atoms with van der Waals surface area (Å²) in [4.78, 5) is 30.4. The van der Waals surface area contributed by atoms with Gasteiger partial charge in [0.2, 0.25) is 11.8 Å². The van der Waals surface area contributed by atoms with Crippen LogP contribution in [0.3, 0.4) is 0 Å². The van der Waals surface area contributed by atoms with Crippen LogP contribution < -0.4 is 0 Å². The van der Waals surface area contributed by atoms with Crippen LogP contribution in [0.2, 0.25) is 0 Å². The second-order valence-electron chi connectivity index (χ2n) is 8.70. The number of hydrogen-bond acceptors (Lipinski definition) is 3. The lowest BCUT2D eigenvalue weighted by molar-refractivity contribution is -0.134. The van der Waals surface area contributed by atoms with Crippen LogP contribution in [0.25, 0.3) is 16.5 Å². The van der Waals surface area contributed by atoms with Gasteiger partial charge in [0.25, 0.3) is 0 Å². The SMILES string of the molecule is CCCCC(=O)n1c(Br)c2c3c(cccc31)C1=C[C@@H](C(=O)N(CC)CC)CN(C)[C@@H]1C2. The largest absolute Gasteiger partial charge is 0.343 e. The first-order valence-electron chi connectivity index (χ1n) is 11.5. The van der Waals surface area contributed by atoms with Crippen LogP contribution in [0.1, 0.15) is 56.0 Å². The molecule has 5 nitrogen and oxygen atoms in total. The van der Waals surface area contributed by atoms with Gasteiger partial charge in [0.05, 0.1) is 16.0 Å². The van der Waals surface area contributed by atoms with E-state index in [0.29, 0.717) is 6.42 Å². The van der Waals surface area contributed by atoms with E-state index in [1.807, 2.05) is 35.4 Å². The average Bonchev–Trinajstić information content (AvgIpc) is 3.06. The highest BCUT2D eigenvalue weighted by molar-refractivity contribution is 9.10. The summed E-state index contributed by atoms with van der Waals surface area (Å²) in [6.45, 7) is 8.37. The van der Waals surface area contributed by atoms with Crippen molar-refractivity contribution in [3.63, 3.8) is 0 Å². The van der Waals surface area contributed by atoms with E-state index in [0.717, 1.165) is 60.0 Å². The van der Waals surface area contributed by atoms with Crippen LogP contribution >= 0.6 is 15.9 Å². The van der Waals surface area contributed by atoms with E-state index in [-0.39, 0.29) is 23.8 Å². The number of carbonyl (C=O) groups excluding carboxylic acids is 2. The maximum atomic E-state index is 13.1. The number of nitrogens with zero attached hydrogens (tertiary/aromatic N) is 3. The fourth-order valence-electron chi connectivity index (χ4n) is 5.20. The van der Waals surface area contributed by atoms with E-state index in [1.54, 1.807) is 0 Å². The molecule has 2 heterocycles. The highest BCUT2D eigenvalue weighted by Gasteiger charge is 2.38. The highest BCUT2D eigenvalue weighted by atomic mass is 79.9. The van der Waals surface area contributed by atoms with Gasteiger partial charge in [-0.25, -0.2) is 0 Å². The first-order chi connectivity index (χ1) is 14.9. The number of amides is 1. The Balaban J connectivity index is 1.83. The molecule has 0 N–H and O–H groups in total. The first-order valence-corrected chi connectivity index (χ1v) is 12.3. The van der Waals surface area contributed by atoms with E-state index < -0.39 is 0 Å². The second-order valence-corrected chi connectivity index (χ2v) is 9.45. The molecule has 2 atom stereocenters. The Labute approximate surface area is 193 Å². The Morgan fingerprint density at radius 2 is 1.94 bits per heavy atom. The lowest BCUT2D eigenvalue weighted by atomic mass is 9.79. The molecule has 1 aliphatic carbocycles. The molecule has 0 saturated carbocycles. The molecule has 1 aliphatic heterocycles. The van der Waals surface area contributed by atoms with Gasteiger partial charge >= 0.3 is 0 Å². The number of rotatable bonds is 6. The Bertz CT molecular complexity index is 1050. The minimum Gasteiger partial charge on any atom is -0.343 e. The van der Waals surface area contributed by atoms with Gasteiger partial charge in [-0.05, 0) is 72.4 Å². The Morgan fingerprint density at radius 1 is 1.19 bits per heavy atom. The molecule has 0 spiro atoms. The molecule has 4 rings (SSSR count). The molecule has 6 heteroatoms. The number of hydrogen-bond donors (Lipinski definition) is 0. The van der Waals surface area contributed by atoms with Crippen LogP contribution in [0.15, 0.2) is 28.9 Å². The van der Waals surface area contributed by atoms with Crippen molar-refractivity contribution in [1.82, 2.24) is 14.4 Å². The Kier molecular flexibility index (Phi) is 6.40. The van der Waals surface area contributed by atoms with Gasteiger partial charge in [-0.15, -0.1) is 0 Å². The van der Waals surface area contributed by atoms with Crippen molar-refractivity contribution in [3.8, 4) is 0 Å². The van der Waals surface area contributed by atoms with Crippen LogP contribution in [0, 0.1) is 5.92 Å². The van der Waals surface area contributed by atoms with E-state index in [2.05, 4.69) is 46.9 Å².